The Hall–Kier alpha value is -2.68. The second-order valence-corrected chi connectivity index (χ2v) is 5.28. The Morgan fingerprint density at radius 1 is 0.955 bits per heavy atom. The van der Waals surface area contributed by atoms with Crippen LogP contribution >= 0.6 is 0 Å². The van der Waals surface area contributed by atoms with Crippen molar-refractivity contribution in [1.82, 2.24) is 0 Å². The fraction of sp³-hybridized carbons (Fsp3) is 0.158. The van der Waals surface area contributed by atoms with Crippen LogP contribution in [0.15, 0.2) is 54.7 Å². The van der Waals surface area contributed by atoms with Gasteiger partial charge >= 0.3 is 0 Å². The van der Waals surface area contributed by atoms with Gasteiger partial charge in [-0.25, -0.2) is 0 Å². The third-order valence-electron chi connectivity index (χ3n) is 3.55. The topological polar surface area (TPSA) is 46.2 Å². The number of anilines is 1. The molecule has 3 heteroatoms. The first-order valence-electron chi connectivity index (χ1n) is 7.13. The predicted octanol–water partition coefficient (Wildman–Crippen LogP) is 4.31. The van der Waals surface area contributed by atoms with E-state index >= 15 is 0 Å². The number of benzene rings is 2. The summed E-state index contributed by atoms with van der Waals surface area (Å²) in [6.45, 7) is 5.53. The molecular formula is C19H19NO2. The minimum Gasteiger partial charge on any atom is -0.362 e. The van der Waals surface area contributed by atoms with E-state index in [9.17, 15) is 9.59 Å². The molecule has 0 atom stereocenters. The maximum atomic E-state index is 12.1. The molecule has 0 radical (unpaired) electrons. The van der Waals surface area contributed by atoms with E-state index in [1.54, 1.807) is 24.4 Å². The Bertz CT molecular complexity index is 745. The summed E-state index contributed by atoms with van der Waals surface area (Å²) in [6, 6.07) is 12.8. The molecule has 0 aliphatic carbocycles. The minimum atomic E-state index is -0.0571. The first-order valence-corrected chi connectivity index (χ1v) is 7.13. The third-order valence-corrected chi connectivity index (χ3v) is 3.55. The van der Waals surface area contributed by atoms with Gasteiger partial charge in [-0.05, 0) is 50.1 Å². The standard InChI is InChI=1S/C19H19NO2/c1-13-7-8-17(11-14(13)2)19(22)9-10-20-18-6-4-5-16(12-18)15(3)21/h4-12,20H,1-3H3. The van der Waals surface area contributed by atoms with Gasteiger partial charge in [0.05, 0.1) is 0 Å². The van der Waals surface area contributed by atoms with E-state index in [1.807, 2.05) is 38.1 Å². The Kier molecular flexibility index (Phi) is 4.89. The molecule has 2 aromatic carbocycles. The maximum Gasteiger partial charge on any atom is 0.187 e. The van der Waals surface area contributed by atoms with E-state index in [0.29, 0.717) is 11.1 Å². The highest BCUT2D eigenvalue weighted by molar-refractivity contribution is 6.04. The molecule has 0 aromatic heterocycles. The lowest BCUT2D eigenvalue weighted by atomic mass is 10.0. The Morgan fingerprint density at radius 3 is 2.41 bits per heavy atom. The van der Waals surface area contributed by atoms with Crippen molar-refractivity contribution in [2.24, 2.45) is 0 Å². The summed E-state index contributed by atoms with van der Waals surface area (Å²) in [7, 11) is 0. The zero-order valence-electron chi connectivity index (χ0n) is 13.0. The lowest BCUT2D eigenvalue weighted by Gasteiger charge is -2.03. The van der Waals surface area contributed by atoms with Gasteiger partial charge in [0.25, 0.3) is 0 Å². The highest BCUT2D eigenvalue weighted by Gasteiger charge is 2.03. The van der Waals surface area contributed by atoms with Crippen molar-refractivity contribution in [3.8, 4) is 0 Å². The molecule has 0 heterocycles. The molecule has 0 aliphatic rings. The fourth-order valence-corrected chi connectivity index (χ4v) is 2.03. The van der Waals surface area contributed by atoms with Crippen molar-refractivity contribution in [3.05, 3.63) is 77.0 Å². The van der Waals surface area contributed by atoms with Crippen molar-refractivity contribution in [1.29, 1.82) is 0 Å². The number of allylic oxidation sites excluding steroid dienone is 1. The molecular weight excluding hydrogens is 274 g/mol. The quantitative estimate of drug-likeness (QED) is 0.660. The minimum absolute atomic E-state index is 0.0128. The Balaban J connectivity index is 2.05. The summed E-state index contributed by atoms with van der Waals surface area (Å²) < 4.78 is 0. The number of ketones is 2. The number of Topliss-reactive ketones (excluding diaryl/α,β-unsaturated/α-hetero) is 1. The van der Waals surface area contributed by atoms with Crippen LogP contribution in [0.1, 0.15) is 38.8 Å². The van der Waals surface area contributed by atoms with Crippen LogP contribution in [0.25, 0.3) is 0 Å². The zero-order valence-corrected chi connectivity index (χ0v) is 13.0. The Morgan fingerprint density at radius 2 is 1.73 bits per heavy atom. The molecule has 0 amide bonds. The molecule has 0 fully saturated rings. The number of hydrogen-bond acceptors (Lipinski definition) is 3. The molecule has 0 unspecified atom stereocenters. The monoisotopic (exact) mass is 293 g/mol. The van der Waals surface area contributed by atoms with Gasteiger partial charge in [0.15, 0.2) is 11.6 Å². The zero-order chi connectivity index (χ0) is 16.1. The van der Waals surface area contributed by atoms with Crippen molar-refractivity contribution in [2.45, 2.75) is 20.8 Å². The first kappa shape index (κ1) is 15.7. The largest absolute Gasteiger partial charge is 0.362 e. The van der Waals surface area contributed by atoms with Gasteiger partial charge in [0.1, 0.15) is 0 Å². The lowest BCUT2D eigenvalue weighted by Crippen LogP contribution is -1.98. The molecule has 0 bridgehead atoms. The smallest absolute Gasteiger partial charge is 0.187 e. The molecule has 0 spiro atoms. The van der Waals surface area contributed by atoms with Gasteiger partial charge in [0, 0.05) is 29.1 Å². The lowest BCUT2D eigenvalue weighted by molar-refractivity contribution is 0.101. The van der Waals surface area contributed by atoms with Crippen LogP contribution < -0.4 is 5.32 Å². The van der Waals surface area contributed by atoms with Crippen LogP contribution in [0.5, 0.6) is 0 Å². The fourth-order valence-electron chi connectivity index (χ4n) is 2.03. The van der Waals surface area contributed by atoms with Gasteiger partial charge < -0.3 is 5.32 Å². The van der Waals surface area contributed by atoms with E-state index in [2.05, 4.69) is 5.32 Å². The molecule has 112 valence electrons. The summed E-state index contributed by atoms with van der Waals surface area (Å²) in [4.78, 5) is 23.4. The first-order chi connectivity index (χ1) is 10.5. The Labute approximate surface area is 130 Å². The van der Waals surface area contributed by atoms with Crippen LogP contribution in [0, 0.1) is 13.8 Å². The van der Waals surface area contributed by atoms with Gasteiger partial charge in [-0.15, -0.1) is 0 Å². The highest BCUT2D eigenvalue weighted by Crippen LogP contribution is 2.13. The summed E-state index contributed by atoms with van der Waals surface area (Å²) in [5, 5.41) is 3.01. The number of aryl methyl sites for hydroxylation is 2. The molecule has 22 heavy (non-hydrogen) atoms. The molecule has 2 rings (SSSR count). The molecule has 3 nitrogen and oxygen atoms in total. The van der Waals surface area contributed by atoms with Crippen molar-refractivity contribution < 1.29 is 9.59 Å². The van der Waals surface area contributed by atoms with Crippen LogP contribution in [-0.4, -0.2) is 11.6 Å². The van der Waals surface area contributed by atoms with E-state index in [1.165, 1.54) is 18.6 Å². The van der Waals surface area contributed by atoms with E-state index in [4.69, 9.17) is 0 Å². The molecule has 1 N–H and O–H groups in total. The maximum absolute atomic E-state index is 12.1. The van der Waals surface area contributed by atoms with Gasteiger partial charge in [0.2, 0.25) is 0 Å². The predicted molar refractivity (Wildman–Crippen MR) is 89.5 cm³/mol. The summed E-state index contributed by atoms with van der Waals surface area (Å²) >= 11 is 0. The average molecular weight is 293 g/mol. The number of hydrogen-bond donors (Lipinski definition) is 1. The molecule has 0 saturated carbocycles. The van der Waals surface area contributed by atoms with E-state index in [-0.39, 0.29) is 11.6 Å². The summed E-state index contributed by atoms with van der Waals surface area (Å²) in [5.41, 5.74) is 4.34. The normalized spacial score (nSPS) is 10.7. The molecule has 0 aliphatic heterocycles. The number of carbonyl (C=O) groups is 2. The second-order valence-electron chi connectivity index (χ2n) is 5.28. The molecule has 0 saturated heterocycles. The number of nitrogens with one attached hydrogen (secondary N) is 1. The molecule has 2 aromatic rings. The van der Waals surface area contributed by atoms with Gasteiger partial charge in [-0.1, -0.05) is 24.3 Å². The second kappa shape index (κ2) is 6.85. The van der Waals surface area contributed by atoms with Crippen LogP contribution in [0.4, 0.5) is 5.69 Å². The summed E-state index contributed by atoms with van der Waals surface area (Å²) in [5.74, 6) is -0.0443. The third kappa shape index (κ3) is 3.92. The average Bonchev–Trinajstić information content (AvgIpc) is 2.50. The van der Waals surface area contributed by atoms with Crippen LogP contribution in [0.3, 0.4) is 0 Å². The van der Waals surface area contributed by atoms with Crippen molar-refractivity contribution in [2.75, 3.05) is 5.32 Å². The van der Waals surface area contributed by atoms with Gasteiger partial charge in [-0.3, -0.25) is 9.59 Å². The summed E-state index contributed by atoms with van der Waals surface area (Å²) in [6.07, 6.45) is 3.08. The highest BCUT2D eigenvalue weighted by atomic mass is 16.1. The SMILES string of the molecule is CC(=O)c1cccc(NC=CC(=O)c2ccc(C)c(C)c2)c1. The van der Waals surface area contributed by atoms with Crippen LogP contribution in [-0.2, 0) is 0 Å². The van der Waals surface area contributed by atoms with Crippen LogP contribution in [0.2, 0.25) is 0 Å². The number of rotatable bonds is 5. The van der Waals surface area contributed by atoms with Crippen molar-refractivity contribution >= 4 is 17.3 Å². The van der Waals surface area contributed by atoms with Crippen molar-refractivity contribution in [3.63, 3.8) is 0 Å². The van der Waals surface area contributed by atoms with Gasteiger partial charge in [-0.2, -0.15) is 0 Å². The van der Waals surface area contributed by atoms with E-state index < -0.39 is 0 Å². The van der Waals surface area contributed by atoms with E-state index in [0.717, 1.165) is 11.3 Å². The number of carbonyl (C=O) groups excluding carboxylic acids is 2.